The summed E-state index contributed by atoms with van der Waals surface area (Å²) in [6, 6.07) is 20.2. The van der Waals surface area contributed by atoms with Crippen molar-refractivity contribution in [3.8, 4) is 0 Å². The molecule has 0 aliphatic carbocycles. The third kappa shape index (κ3) is 2.95. The summed E-state index contributed by atoms with van der Waals surface area (Å²) in [6.45, 7) is 2.12. The standard InChI is InChI=1S/C15H15/c1-13-6-5-9-15(12-13)11-10-14-7-3-2-4-8-14/h2-8,12H,10-11H2,1H3. The highest BCUT2D eigenvalue weighted by atomic mass is 14.0. The van der Waals surface area contributed by atoms with Crippen LogP contribution in [-0.4, -0.2) is 0 Å². The Morgan fingerprint density at radius 3 is 2.53 bits per heavy atom. The van der Waals surface area contributed by atoms with Crippen molar-refractivity contribution in [2.45, 2.75) is 19.8 Å². The Bertz CT molecular complexity index is 415. The fraction of sp³-hybridized carbons (Fsp3) is 0.200. The van der Waals surface area contributed by atoms with E-state index in [1.165, 1.54) is 16.7 Å². The number of rotatable bonds is 3. The van der Waals surface area contributed by atoms with Crippen LogP contribution in [0.15, 0.2) is 48.5 Å². The summed E-state index contributed by atoms with van der Waals surface area (Å²) >= 11 is 0. The Labute approximate surface area is 91.6 Å². The van der Waals surface area contributed by atoms with Gasteiger partial charge in [-0.3, -0.25) is 0 Å². The molecule has 0 aliphatic heterocycles. The molecule has 0 heteroatoms. The van der Waals surface area contributed by atoms with Gasteiger partial charge in [-0.05, 0) is 37.0 Å². The van der Waals surface area contributed by atoms with Gasteiger partial charge in [-0.25, -0.2) is 0 Å². The Morgan fingerprint density at radius 1 is 1.00 bits per heavy atom. The largest absolute Gasteiger partial charge is 0.0622 e. The molecular weight excluding hydrogens is 180 g/mol. The predicted octanol–water partition coefficient (Wildman–Crippen LogP) is 3.58. The average Bonchev–Trinajstić information content (AvgIpc) is 2.28. The van der Waals surface area contributed by atoms with E-state index in [1.807, 2.05) is 6.07 Å². The van der Waals surface area contributed by atoms with Gasteiger partial charge in [0.25, 0.3) is 0 Å². The van der Waals surface area contributed by atoms with E-state index in [0.717, 1.165) is 12.8 Å². The van der Waals surface area contributed by atoms with Gasteiger partial charge in [0.05, 0.1) is 0 Å². The van der Waals surface area contributed by atoms with Crippen LogP contribution in [0.25, 0.3) is 0 Å². The van der Waals surface area contributed by atoms with Crippen molar-refractivity contribution in [1.82, 2.24) is 0 Å². The molecule has 0 amide bonds. The summed E-state index contributed by atoms with van der Waals surface area (Å²) in [5.74, 6) is 0. The van der Waals surface area contributed by atoms with Crippen LogP contribution < -0.4 is 0 Å². The summed E-state index contributed by atoms with van der Waals surface area (Å²) in [5, 5.41) is 0. The Balaban J connectivity index is 1.99. The lowest BCUT2D eigenvalue weighted by molar-refractivity contribution is 0.956. The molecule has 0 spiro atoms. The molecule has 1 radical (unpaired) electrons. The normalized spacial score (nSPS) is 10.2. The average molecular weight is 195 g/mol. The van der Waals surface area contributed by atoms with Crippen LogP contribution in [0.2, 0.25) is 0 Å². The predicted molar refractivity (Wildman–Crippen MR) is 63.9 cm³/mol. The molecule has 0 unspecified atom stereocenters. The van der Waals surface area contributed by atoms with Gasteiger partial charge in [0.1, 0.15) is 0 Å². The SMILES string of the molecule is Cc1cc[c]c(CCc2ccccc2)c1. The second kappa shape index (κ2) is 4.79. The number of benzene rings is 2. The van der Waals surface area contributed by atoms with Crippen molar-refractivity contribution >= 4 is 0 Å². The Morgan fingerprint density at radius 2 is 1.80 bits per heavy atom. The van der Waals surface area contributed by atoms with Crippen LogP contribution in [0.4, 0.5) is 0 Å². The first-order chi connectivity index (χ1) is 7.34. The summed E-state index contributed by atoms with van der Waals surface area (Å²) < 4.78 is 0. The zero-order valence-electron chi connectivity index (χ0n) is 9.03. The van der Waals surface area contributed by atoms with Gasteiger partial charge in [0.15, 0.2) is 0 Å². The van der Waals surface area contributed by atoms with Crippen LogP contribution in [-0.2, 0) is 12.8 Å². The zero-order chi connectivity index (χ0) is 10.5. The van der Waals surface area contributed by atoms with Gasteiger partial charge in [0.2, 0.25) is 0 Å². The first kappa shape index (κ1) is 9.97. The minimum Gasteiger partial charge on any atom is -0.0622 e. The molecule has 15 heavy (non-hydrogen) atoms. The van der Waals surface area contributed by atoms with E-state index in [9.17, 15) is 0 Å². The van der Waals surface area contributed by atoms with Crippen LogP contribution in [0, 0.1) is 13.0 Å². The van der Waals surface area contributed by atoms with E-state index >= 15 is 0 Å². The molecule has 0 bridgehead atoms. The molecule has 2 aromatic carbocycles. The molecule has 0 N–H and O–H groups in total. The molecular formula is C15H15. The highest BCUT2D eigenvalue weighted by Gasteiger charge is 1.95. The van der Waals surface area contributed by atoms with Crippen molar-refractivity contribution in [3.05, 3.63) is 71.3 Å². The second-order valence-corrected chi connectivity index (χ2v) is 3.88. The van der Waals surface area contributed by atoms with Crippen molar-refractivity contribution in [3.63, 3.8) is 0 Å². The quantitative estimate of drug-likeness (QED) is 0.702. The zero-order valence-corrected chi connectivity index (χ0v) is 9.03. The van der Waals surface area contributed by atoms with Crippen molar-refractivity contribution < 1.29 is 0 Å². The molecule has 0 saturated heterocycles. The molecule has 0 aromatic heterocycles. The summed E-state index contributed by atoms with van der Waals surface area (Å²) in [6.07, 6.45) is 2.17. The maximum absolute atomic E-state index is 3.28. The van der Waals surface area contributed by atoms with E-state index in [-0.39, 0.29) is 0 Å². The maximum Gasteiger partial charge on any atom is -0.0149 e. The molecule has 0 nitrogen and oxygen atoms in total. The number of hydrogen-bond donors (Lipinski definition) is 0. The van der Waals surface area contributed by atoms with E-state index in [4.69, 9.17) is 0 Å². The monoisotopic (exact) mass is 195 g/mol. The van der Waals surface area contributed by atoms with Crippen LogP contribution in [0.1, 0.15) is 16.7 Å². The molecule has 0 saturated carbocycles. The molecule has 0 fully saturated rings. The lowest BCUT2D eigenvalue weighted by Gasteiger charge is -2.02. The molecule has 0 aliphatic rings. The number of aryl methyl sites for hydroxylation is 3. The Hall–Kier alpha value is -1.56. The van der Waals surface area contributed by atoms with Crippen molar-refractivity contribution in [1.29, 1.82) is 0 Å². The van der Waals surface area contributed by atoms with Crippen LogP contribution in [0.5, 0.6) is 0 Å². The maximum atomic E-state index is 3.28. The van der Waals surface area contributed by atoms with E-state index in [2.05, 4.69) is 55.5 Å². The molecule has 2 aromatic rings. The lowest BCUT2D eigenvalue weighted by atomic mass is 10.0. The van der Waals surface area contributed by atoms with Gasteiger partial charge in [-0.1, -0.05) is 54.1 Å². The van der Waals surface area contributed by atoms with Crippen molar-refractivity contribution in [2.24, 2.45) is 0 Å². The molecule has 75 valence electrons. The van der Waals surface area contributed by atoms with Gasteiger partial charge >= 0.3 is 0 Å². The number of hydrogen-bond acceptors (Lipinski definition) is 0. The van der Waals surface area contributed by atoms with E-state index < -0.39 is 0 Å². The van der Waals surface area contributed by atoms with Gasteiger partial charge in [0, 0.05) is 0 Å². The van der Waals surface area contributed by atoms with E-state index in [0.29, 0.717) is 0 Å². The van der Waals surface area contributed by atoms with Crippen molar-refractivity contribution in [2.75, 3.05) is 0 Å². The molecule has 0 atom stereocenters. The Kier molecular flexibility index (Phi) is 3.18. The first-order valence-electron chi connectivity index (χ1n) is 5.36. The highest BCUT2D eigenvalue weighted by Crippen LogP contribution is 2.08. The first-order valence-corrected chi connectivity index (χ1v) is 5.36. The lowest BCUT2D eigenvalue weighted by Crippen LogP contribution is -1.91. The van der Waals surface area contributed by atoms with Crippen LogP contribution in [0.3, 0.4) is 0 Å². The van der Waals surface area contributed by atoms with Gasteiger partial charge in [-0.15, -0.1) is 0 Å². The fourth-order valence-electron chi connectivity index (χ4n) is 1.71. The third-order valence-corrected chi connectivity index (χ3v) is 2.54. The van der Waals surface area contributed by atoms with E-state index in [1.54, 1.807) is 0 Å². The van der Waals surface area contributed by atoms with Crippen LogP contribution >= 0.6 is 0 Å². The van der Waals surface area contributed by atoms with Gasteiger partial charge < -0.3 is 0 Å². The fourth-order valence-corrected chi connectivity index (χ4v) is 1.71. The topological polar surface area (TPSA) is 0 Å². The minimum atomic E-state index is 1.08. The second-order valence-electron chi connectivity index (χ2n) is 3.88. The van der Waals surface area contributed by atoms with Gasteiger partial charge in [-0.2, -0.15) is 0 Å². The molecule has 2 rings (SSSR count). The summed E-state index contributed by atoms with van der Waals surface area (Å²) in [5.41, 5.74) is 4.02. The summed E-state index contributed by atoms with van der Waals surface area (Å²) in [7, 11) is 0. The summed E-state index contributed by atoms with van der Waals surface area (Å²) in [4.78, 5) is 0. The third-order valence-electron chi connectivity index (χ3n) is 2.54. The molecule has 0 heterocycles. The minimum absolute atomic E-state index is 1.08. The highest BCUT2D eigenvalue weighted by molar-refractivity contribution is 5.23. The smallest absolute Gasteiger partial charge is 0.0149 e.